The normalized spacial score (nSPS) is 18.7. The molecular formula is C22H26N4O3. The number of carbonyl (C=O) groups is 1. The number of nitrogens with one attached hydrogen (secondary N) is 2. The topological polar surface area (TPSA) is 108 Å². The molecule has 1 aliphatic carbocycles. The van der Waals surface area contributed by atoms with E-state index in [0.717, 1.165) is 42.5 Å². The number of aryl methyl sites for hydroxylation is 2. The van der Waals surface area contributed by atoms with Crippen molar-refractivity contribution in [1.82, 2.24) is 15.3 Å². The van der Waals surface area contributed by atoms with Gasteiger partial charge in [0.2, 0.25) is 0 Å². The molecule has 29 heavy (non-hydrogen) atoms. The minimum Gasteiger partial charge on any atom is -0.409 e. The molecule has 152 valence electrons. The molecule has 1 amide bonds. The number of carbonyl (C=O) groups excluding carboxylic acids is 1. The van der Waals surface area contributed by atoms with Gasteiger partial charge in [0.15, 0.2) is 5.75 Å². The number of H-pyrrole nitrogens is 1. The SMILES string of the molecule is CCc1cc(-c2cncc(OC(=O)NCC3CCC(C#N)CC3)c2)c(C)[nH]c1=O. The summed E-state index contributed by atoms with van der Waals surface area (Å²) in [6.07, 6.45) is 6.96. The van der Waals surface area contributed by atoms with E-state index in [1.165, 1.54) is 6.20 Å². The molecule has 2 heterocycles. The van der Waals surface area contributed by atoms with Gasteiger partial charge in [-0.15, -0.1) is 0 Å². The van der Waals surface area contributed by atoms with E-state index >= 15 is 0 Å². The fourth-order valence-electron chi connectivity index (χ4n) is 3.72. The number of rotatable bonds is 5. The lowest BCUT2D eigenvalue weighted by Gasteiger charge is -2.24. The number of hydrogen-bond acceptors (Lipinski definition) is 5. The van der Waals surface area contributed by atoms with Crippen LogP contribution in [0.15, 0.2) is 29.3 Å². The summed E-state index contributed by atoms with van der Waals surface area (Å²) in [6.45, 7) is 4.30. The molecule has 3 rings (SSSR count). The summed E-state index contributed by atoms with van der Waals surface area (Å²) in [5.41, 5.74) is 2.98. The van der Waals surface area contributed by atoms with Crippen molar-refractivity contribution in [3.8, 4) is 22.9 Å². The largest absolute Gasteiger partial charge is 0.412 e. The van der Waals surface area contributed by atoms with Gasteiger partial charge in [-0.05, 0) is 57.1 Å². The van der Waals surface area contributed by atoms with E-state index in [2.05, 4.69) is 21.4 Å². The molecule has 0 radical (unpaired) electrons. The van der Waals surface area contributed by atoms with Crippen molar-refractivity contribution < 1.29 is 9.53 Å². The van der Waals surface area contributed by atoms with Crippen LogP contribution in [0.4, 0.5) is 4.79 Å². The predicted molar refractivity (Wildman–Crippen MR) is 109 cm³/mol. The van der Waals surface area contributed by atoms with E-state index in [0.29, 0.717) is 30.2 Å². The zero-order valence-electron chi connectivity index (χ0n) is 16.8. The van der Waals surface area contributed by atoms with Gasteiger partial charge in [-0.2, -0.15) is 5.26 Å². The van der Waals surface area contributed by atoms with Crippen LogP contribution >= 0.6 is 0 Å². The fraction of sp³-hybridized carbons (Fsp3) is 0.455. The minimum absolute atomic E-state index is 0.0858. The highest BCUT2D eigenvalue weighted by Crippen LogP contribution is 2.28. The molecule has 0 aliphatic heterocycles. The second kappa shape index (κ2) is 9.37. The van der Waals surface area contributed by atoms with Crippen LogP contribution in [0.1, 0.15) is 43.9 Å². The maximum atomic E-state index is 12.2. The van der Waals surface area contributed by atoms with Crippen molar-refractivity contribution in [2.24, 2.45) is 11.8 Å². The molecular weight excluding hydrogens is 368 g/mol. The molecule has 1 fully saturated rings. The summed E-state index contributed by atoms with van der Waals surface area (Å²) in [4.78, 5) is 31.1. The molecule has 2 aromatic rings. The van der Waals surface area contributed by atoms with Crippen molar-refractivity contribution in [3.05, 3.63) is 46.1 Å². The quantitative estimate of drug-likeness (QED) is 0.803. The smallest absolute Gasteiger partial charge is 0.409 e. The Labute approximate surface area is 170 Å². The summed E-state index contributed by atoms with van der Waals surface area (Å²) in [5, 5.41) is 11.8. The van der Waals surface area contributed by atoms with Crippen LogP contribution in [0.5, 0.6) is 5.75 Å². The first-order valence-corrected chi connectivity index (χ1v) is 10.0. The summed E-state index contributed by atoms with van der Waals surface area (Å²) in [5.74, 6) is 0.876. The van der Waals surface area contributed by atoms with Crippen molar-refractivity contribution in [2.75, 3.05) is 6.54 Å². The van der Waals surface area contributed by atoms with Crippen LogP contribution in [-0.4, -0.2) is 22.6 Å². The minimum atomic E-state index is -0.515. The van der Waals surface area contributed by atoms with Crippen LogP contribution in [0.25, 0.3) is 11.1 Å². The van der Waals surface area contributed by atoms with Gasteiger partial charge in [0.05, 0.1) is 12.3 Å². The van der Waals surface area contributed by atoms with Gasteiger partial charge >= 0.3 is 6.09 Å². The lowest BCUT2D eigenvalue weighted by molar-refractivity contribution is 0.195. The molecule has 2 N–H and O–H groups in total. The number of aromatic amines is 1. The maximum Gasteiger partial charge on any atom is 0.412 e. The third-order valence-electron chi connectivity index (χ3n) is 5.50. The van der Waals surface area contributed by atoms with E-state index < -0.39 is 6.09 Å². The van der Waals surface area contributed by atoms with Crippen LogP contribution < -0.4 is 15.6 Å². The number of pyridine rings is 2. The van der Waals surface area contributed by atoms with Gasteiger partial charge in [0, 0.05) is 41.0 Å². The first-order valence-electron chi connectivity index (χ1n) is 10.0. The van der Waals surface area contributed by atoms with Gasteiger partial charge in [-0.25, -0.2) is 4.79 Å². The summed E-state index contributed by atoms with van der Waals surface area (Å²) >= 11 is 0. The Balaban J connectivity index is 1.62. The van der Waals surface area contributed by atoms with Gasteiger partial charge in [-0.1, -0.05) is 6.92 Å². The standard InChI is InChI=1S/C22H26N4O3/c1-3-17-9-20(14(2)26-21(17)27)18-8-19(13-24-12-18)29-22(28)25-11-16-6-4-15(10-23)5-7-16/h8-9,12-13,15-16H,3-7,11H2,1-2H3,(H,25,28)(H,26,27). The summed E-state index contributed by atoms with van der Waals surface area (Å²) in [6, 6.07) is 5.91. The lowest BCUT2D eigenvalue weighted by Crippen LogP contribution is -2.33. The van der Waals surface area contributed by atoms with Crippen molar-refractivity contribution in [2.45, 2.75) is 46.0 Å². The Morgan fingerprint density at radius 3 is 2.76 bits per heavy atom. The zero-order chi connectivity index (χ0) is 20.8. The molecule has 1 aliphatic rings. The van der Waals surface area contributed by atoms with Crippen LogP contribution in [-0.2, 0) is 6.42 Å². The third-order valence-corrected chi connectivity index (χ3v) is 5.50. The van der Waals surface area contributed by atoms with Crippen LogP contribution in [0.2, 0.25) is 0 Å². The summed E-state index contributed by atoms with van der Waals surface area (Å²) in [7, 11) is 0. The molecule has 0 spiro atoms. The Bertz CT molecular complexity index is 969. The highest BCUT2D eigenvalue weighted by molar-refractivity contribution is 5.72. The molecule has 0 aromatic carbocycles. The van der Waals surface area contributed by atoms with Crippen molar-refractivity contribution in [3.63, 3.8) is 0 Å². The van der Waals surface area contributed by atoms with Gasteiger partial charge in [-0.3, -0.25) is 9.78 Å². The molecule has 0 unspecified atom stereocenters. The highest BCUT2D eigenvalue weighted by atomic mass is 16.6. The van der Waals surface area contributed by atoms with E-state index in [9.17, 15) is 9.59 Å². The highest BCUT2D eigenvalue weighted by Gasteiger charge is 2.21. The van der Waals surface area contributed by atoms with Gasteiger partial charge in [0.1, 0.15) is 0 Å². The second-order valence-electron chi connectivity index (χ2n) is 7.54. The molecule has 0 atom stereocenters. The Kier molecular flexibility index (Phi) is 6.65. The molecule has 0 bridgehead atoms. The van der Waals surface area contributed by atoms with E-state index in [4.69, 9.17) is 10.00 Å². The fourth-order valence-corrected chi connectivity index (χ4v) is 3.72. The molecule has 1 saturated carbocycles. The Morgan fingerprint density at radius 1 is 1.31 bits per heavy atom. The molecule has 2 aromatic heterocycles. The molecule has 0 saturated heterocycles. The molecule has 7 nitrogen and oxygen atoms in total. The average Bonchev–Trinajstić information content (AvgIpc) is 2.73. The maximum absolute atomic E-state index is 12.2. The Hall–Kier alpha value is -3.14. The van der Waals surface area contributed by atoms with E-state index in [1.54, 1.807) is 12.3 Å². The van der Waals surface area contributed by atoms with Crippen molar-refractivity contribution in [1.29, 1.82) is 5.26 Å². The van der Waals surface area contributed by atoms with Crippen LogP contribution in [0, 0.1) is 30.1 Å². The van der Waals surface area contributed by atoms with Crippen molar-refractivity contribution >= 4 is 6.09 Å². The zero-order valence-corrected chi connectivity index (χ0v) is 16.8. The number of hydrogen-bond donors (Lipinski definition) is 2. The number of nitrogens with zero attached hydrogens (tertiary/aromatic N) is 2. The Morgan fingerprint density at radius 2 is 2.07 bits per heavy atom. The van der Waals surface area contributed by atoms with Gasteiger partial charge in [0.25, 0.3) is 5.56 Å². The first-order chi connectivity index (χ1) is 14.0. The number of ether oxygens (including phenoxy) is 1. The van der Waals surface area contributed by atoms with E-state index in [1.807, 2.05) is 19.9 Å². The van der Waals surface area contributed by atoms with E-state index in [-0.39, 0.29) is 11.5 Å². The third kappa shape index (κ3) is 5.23. The molecule has 7 heteroatoms. The lowest BCUT2D eigenvalue weighted by atomic mass is 9.83. The summed E-state index contributed by atoms with van der Waals surface area (Å²) < 4.78 is 5.39. The number of amides is 1. The second-order valence-corrected chi connectivity index (χ2v) is 7.54. The predicted octanol–water partition coefficient (Wildman–Crippen LogP) is 3.73. The number of nitriles is 1. The number of aromatic nitrogens is 2. The first kappa shape index (κ1) is 20.6. The van der Waals surface area contributed by atoms with Crippen LogP contribution in [0.3, 0.4) is 0 Å². The average molecular weight is 394 g/mol. The monoisotopic (exact) mass is 394 g/mol. The van der Waals surface area contributed by atoms with Gasteiger partial charge < -0.3 is 15.0 Å².